The van der Waals surface area contributed by atoms with Crippen LogP contribution in [0.1, 0.15) is 0 Å². The topological polar surface area (TPSA) is 42.0 Å². The molecule has 68 valence electrons. The molecule has 0 atom stereocenters. The van der Waals surface area contributed by atoms with Gasteiger partial charge < -0.3 is 5.21 Å². The normalized spacial score (nSPS) is 56.2. The Labute approximate surface area is 71.5 Å². The molecule has 0 aromatic carbocycles. The van der Waals surface area contributed by atoms with E-state index >= 15 is 0 Å². The summed E-state index contributed by atoms with van der Waals surface area (Å²) in [5.74, 6) is 0. The first-order chi connectivity index (χ1) is 5.80. The van der Waals surface area contributed by atoms with E-state index in [1.165, 1.54) is 0 Å². The number of nitrogens with zero attached hydrogens (tertiary/aromatic N) is 3. The highest BCUT2D eigenvalue weighted by Crippen LogP contribution is 2.28. The van der Waals surface area contributed by atoms with Gasteiger partial charge in [0, 0.05) is 19.6 Å². The third-order valence-corrected chi connectivity index (χ3v) is 3.02. The van der Waals surface area contributed by atoms with Crippen LogP contribution in [0.3, 0.4) is 0 Å². The van der Waals surface area contributed by atoms with Crippen LogP contribution in [0.4, 0.5) is 0 Å². The van der Waals surface area contributed by atoms with Gasteiger partial charge in [-0.25, -0.2) is 0 Å². The average molecular weight is 170 g/mol. The highest BCUT2D eigenvalue weighted by molar-refractivity contribution is 5.03. The first kappa shape index (κ1) is 7.23. The van der Waals surface area contributed by atoms with Crippen LogP contribution in [0.5, 0.6) is 0 Å². The van der Waals surface area contributed by atoms with Gasteiger partial charge in [-0.2, -0.15) is 5.48 Å². The summed E-state index contributed by atoms with van der Waals surface area (Å²) in [6.07, 6.45) is 0. The maximum atomic E-state index is 9.10. The van der Waals surface area contributed by atoms with Gasteiger partial charge in [0.15, 0.2) is 0 Å². The Kier molecular flexibility index (Phi) is 1.31. The maximum Gasteiger partial charge on any atom is 0.0811 e. The molecule has 0 unspecified atom stereocenters. The van der Waals surface area contributed by atoms with Crippen LogP contribution in [0.2, 0.25) is 0 Å². The van der Waals surface area contributed by atoms with Crippen molar-refractivity contribution in [1.82, 2.24) is 20.2 Å². The lowest BCUT2D eigenvalue weighted by molar-refractivity contribution is -0.174. The second-order valence-electron chi connectivity index (χ2n) is 4.30. The van der Waals surface area contributed by atoms with E-state index in [4.69, 9.17) is 5.21 Å². The largest absolute Gasteiger partial charge is 0.316 e. The van der Waals surface area contributed by atoms with Crippen LogP contribution in [-0.2, 0) is 0 Å². The molecule has 0 amide bonds. The average Bonchev–Trinajstić information content (AvgIpc) is 2.02. The minimum atomic E-state index is -0.0747. The quantitative estimate of drug-likeness (QED) is 0.470. The van der Waals surface area contributed by atoms with Crippen molar-refractivity contribution in [2.24, 2.45) is 0 Å². The van der Waals surface area contributed by atoms with Crippen LogP contribution in [0.25, 0.3) is 0 Å². The second-order valence-corrected chi connectivity index (χ2v) is 4.30. The fraction of sp³-hybridized carbons (Fsp3) is 1.00. The summed E-state index contributed by atoms with van der Waals surface area (Å²) in [6, 6.07) is 0. The first-order valence-corrected chi connectivity index (χ1v) is 4.38. The van der Waals surface area contributed by atoms with Crippen LogP contribution < -0.4 is 5.48 Å². The Bertz CT molecular complexity index is 172. The molecular formula is C7H14N4O. The van der Waals surface area contributed by atoms with E-state index in [2.05, 4.69) is 20.2 Å². The molecular weight excluding hydrogens is 156 g/mol. The van der Waals surface area contributed by atoms with E-state index in [-0.39, 0.29) is 5.54 Å². The molecule has 4 saturated heterocycles. The van der Waals surface area contributed by atoms with Gasteiger partial charge in [0.1, 0.15) is 0 Å². The van der Waals surface area contributed by atoms with Gasteiger partial charge in [-0.1, -0.05) is 0 Å². The van der Waals surface area contributed by atoms with Crippen molar-refractivity contribution in [3.63, 3.8) is 0 Å². The zero-order chi connectivity index (χ0) is 8.18. The molecule has 12 heavy (non-hydrogen) atoms. The maximum absolute atomic E-state index is 9.10. The first-order valence-electron chi connectivity index (χ1n) is 4.38. The van der Waals surface area contributed by atoms with Gasteiger partial charge in [0.2, 0.25) is 0 Å². The van der Waals surface area contributed by atoms with Crippen molar-refractivity contribution < 1.29 is 5.21 Å². The van der Waals surface area contributed by atoms with Crippen LogP contribution in [0.15, 0.2) is 0 Å². The number of hydrogen-bond donors (Lipinski definition) is 2. The predicted octanol–water partition coefficient (Wildman–Crippen LogP) is -1.48. The molecule has 0 aromatic rings. The summed E-state index contributed by atoms with van der Waals surface area (Å²) in [4.78, 5) is 7.08. The minimum absolute atomic E-state index is 0.0747. The van der Waals surface area contributed by atoms with Crippen molar-refractivity contribution in [2.75, 3.05) is 39.6 Å². The summed E-state index contributed by atoms with van der Waals surface area (Å²) < 4.78 is 0. The molecule has 0 radical (unpaired) electrons. The molecule has 0 saturated carbocycles. The van der Waals surface area contributed by atoms with E-state index in [0.717, 1.165) is 39.6 Å². The minimum Gasteiger partial charge on any atom is -0.316 e. The second kappa shape index (κ2) is 2.18. The van der Waals surface area contributed by atoms with Gasteiger partial charge in [0.25, 0.3) is 0 Å². The summed E-state index contributed by atoms with van der Waals surface area (Å²) in [7, 11) is 0. The third kappa shape index (κ3) is 0.855. The lowest BCUT2D eigenvalue weighted by Crippen LogP contribution is -2.79. The predicted molar refractivity (Wildman–Crippen MR) is 42.4 cm³/mol. The Morgan fingerprint density at radius 3 is 1.67 bits per heavy atom. The summed E-state index contributed by atoms with van der Waals surface area (Å²) in [5, 5.41) is 9.10. The van der Waals surface area contributed by atoms with Crippen LogP contribution in [0, 0.1) is 0 Å². The molecule has 4 aliphatic rings. The zero-order valence-electron chi connectivity index (χ0n) is 7.03. The van der Waals surface area contributed by atoms with Gasteiger partial charge in [-0.15, -0.1) is 0 Å². The highest BCUT2D eigenvalue weighted by Gasteiger charge is 2.48. The standard InChI is InChI=1S/C7H14N4O/c12-8-7-1-9-4-10(2-7)6-11(3-7)5-9/h8,12H,1-6H2. The molecule has 0 spiro atoms. The van der Waals surface area contributed by atoms with Crippen LogP contribution in [-0.4, -0.2) is 65.1 Å². The number of hydrogen-bond acceptors (Lipinski definition) is 5. The molecule has 4 bridgehead atoms. The molecule has 2 N–H and O–H groups in total. The highest BCUT2D eigenvalue weighted by atomic mass is 16.5. The van der Waals surface area contributed by atoms with E-state index in [0.29, 0.717) is 0 Å². The van der Waals surface area contributed by atoms with E-state index in [1.54, 1.807) is 0 Å². The summed E-state index contributed by atoms with van der Waals surface area (Å²) in [6.45, 7) is 6.16. The Hall–Kier alpha value is -0.200. The molecule has 4 aliphatic heterocycles. The smallest absolute Gasteiger partial charge is 0.0811 e. The monoisotopic (exact) mass is 170 g/mol. The summed E-state index contributed by atoms with van der Waals surface area (Å²) in [5.41, 5.74) is 2.41. The molecule has 0 aliphatic carbocycles. The molecule has 5 nitrogen and oxygen atoms in total. The fourth-order valence-corrected chi connectivity index (χ4v) is 2.82. The number of rotatable bonds is 1. The van der Waals surface area contributed by atoms with Crippen molar-refractivity contribution in [1.29, 1.82) is 0 Å². The Balaban J connectivity index is 1.90. The van der Waals surface area contributed by atoms with Gasteiger partial charge in [-0.05, 0) is 0 Å². The lowest BCUT2D eigenvalue weighted by atomic mass is 9.92. The number of nitrogens with one attached hydrogen (secondary N) is 1. The van der Waals surface area contributed by atoms with Crippen LogP contribution >= 0.6 is 0 Å². The van der Waals surface area contributed by atoms with Crippen molar-refractivity contribution in [3.8, 4) is 0 Å². The summed E-state index contributed by atoms with van der Waals surface area (Å²) >= 11 is 0. The fourth-order valence-electron chi connectivity index (χ4n) is 2.82. The molecule has 5 heteroatoms. The van der Waals surface area contributed by atoms with Gasteiger partial charge in [0.05, 0.1) is 25.5 Å². The Morgan fingerprint density at radius 1 is 0.917 bits per heavy atom. The van der Waals surface area contributed by atoms with E-state index in [1.807, 2.05) is 0 Å². The van der Waals surface area contributed by atoms with Crippen molar-refractivity contribution in [3.05, 3.63) is 0 Å². The molecule has 4 fully saturated rings. The molecule has 0 aromatic heterocycles. The lowest BCUT2D eigenvalue weighted by Gasteiger charge is -2.59. The van der Waals surface area contributed by atoms with E-state index < -0.39 is 0 Å². The van der Waals surface area contributed by atoms with Crippen molar-refractivity contribution in [2.45, 2.75) is 5.54 Å². The zero-order valence-corrected chi connectivity index (χ0v) is 7.03. The van der Waals surface area contributed by atoms with Crippen molar-refractivity contribution >= 4 is 0 Å². The third-order valence-electron chi connectivity index (χ3n) is 3.02. The van der Waals surface area contributed by atoms with Gasteiger partial charge in [-0.3, -0.25) is 14.7 Å². The van der Waals surface area contributed by atoms with Gasteiger partial charge >= 0.3 is 0 Å². The SMILES string of the molecule is ONC12CN3CN(CN(C3)C1)C2. The Morgan fingerprint density at radius 2 is 1.33 bits per heavy atom. The van der Waals surface area contributed by atoms with E-state index in [9.17, 15) is 0 Å². The number of hydroxylamine groups is 1. The molecule has 4 heterocycles. The molecule has 4 rings (SSSR count).